The Kier molecular flexibility index (Phi) is 5.77. The van der Waals surface area contributed by atoms with Gasteiger partial charge in [0, 0.05) is 17.2 Å². The van der Waals surface area contributed by atoms with Crippen molar-refractivity contribution in [3.05, 3.63) is 46.1 Å². The van der Waals surface area contributed by atoms with E-state index in [0.29, 0.717) is 6.54 Å². The lowest BCUT2D eigenvalue weighted by molar-refractivity contribution is 0.243. The molecule has 0 unspecified atom stereocenters. The van der Waals surface area contributed by atoms with Crippen molar-refractivity contribution >= 4 is 22.0 Å². The first-order valence-corrected chi connectivity index (χ1v) is 6.36. The highest BCUT2D eigenvalue weighted by Gasteiger charge is 2.01. The Morgan fingerprint density at radius 3 is 2.76 bits per heavy atom. The van der Waals surface area contributed by atoms with Crippen molar-refractivity contribution < 1.29 is 4.79 Å². The average molecular weight is 297 g/mol. The Labute approximate surface area is 110 Å². The molecule has 0 aliphatic heterocycles. The van der Waals surface area contributed by atoms with E-state index >= 15 is 0 Å². The summed E-state index contributed by atoms with van der Waals surface area (Å²) in [6.45, 7) is 4.53. The molecule has 0 aliphatic rings. The number of rotatable bonds is 4. The molecular formula is C13H17BrN2O. The number of amides is 2. The van der Waals surface area contributed by atoms with Crippen molar-refractivity contribution in [2.45, 2.75) is 26.8 Å². The van der Waals surface area contributed by atoms with E-state index in [1.54, 1.807) is 6.20 Å². The molecule has 3 nitrogen and oxygen atoms in total. The number of hydrogen-bond donors (Lipinski definition) is 2. The van der Waals surface area contributed by atoms with Crippen LogP contribution in [0.4, 0.5) is 4.79 Å². The lowest BCUT2D eigenvalue weighted by Gasteiger charge is -2.07. The highest BCUT2D eigenvalue weighted by molar-refractivity contribution is 9.10. The topological polar surface area (TPSA) is 41.1 Å². The maximum Gasteiger partial charge on any atom is 0.319 e. The monoisotopic (exact) mass is 296 g/mol. The summed E-state index contributed by atoms with van der Waals surface area (Å²) in [6.07, 6.45) is 2.67. The number of urea groups is 1. The minimum absolute atomic E-state index is 0.187. The van der Waals surface area contributed by atoms with Gasteiger partial charge in [0.25, 0.3) is 0 Å². The number of carbonyl (C=O) groups excluding carboxylic acids is 1. The normalized spacial score (nSPS) is 11.1. The van der Waals surface area contributed by atoms with Crippen LogP contribution in [0, 0.1) is 0 Å². The average Bonchev–Trinajstić information content (AvgIpc) is 2.35. The lowest BCUT2D eigenvalue weighted by atomic mass is 10.2. The molecule has 0 radical (unpaired) electrons. The van der Waals surface area contributed by atoms with Gasteiger partial charge in [-0.1, -0.05) is 46.6 Å². The number of nitrogens with one attached hydrogen (secondary N) is 2. The molecule has 0 atom stereocenters. The van der Waals surface area contributed by atoms with Crippen LogP contribution in [0.25, 0.3) is 0 Å². The van der Waals surface area contributed by atoms with Gasteiger partial charge in [-0.25, -0.2) is 4.79 Å². The van der Waals surface area contributed by atoms with Gasteiger partial charge < -0.3 is 10.6 Å². The van der Waals surface area contributed by atoms with Crippen LogP contribution in [0.3, 0.4) is 0 Å². The quantitative estimate of drug-likeness (QED) is 0.876. The molecule has 2 amide bonds. The molecule has 1 rings (SSSR count). The fourth-order valence-electron chi connectivity index (χ4n) is 1.16. The molecule has 17 heavy (non-hydrogen) atoms. The third-order valence-electron chi connectivity index (χ3n) is 2.40. The first kappa shape index (κ1) is 13.8. The minimum atomic E-state index is -0.187. The fraction of sp³-hybridized carbons (Fsp3) is 0.308. The standard InChI is InChI=1S/C13H17BrN2O/c1-3-10(2)8-15-13(17)16-9-11-6-4-5-7-12(11)14/h4-8H,3,9H2,1-2H3,(H2,15,16,17)/b10-8+. The van der Waals surface area contributed by atoms with Crippen LogP contribution in [-0.2, 0) is 6.54 Å². The molecule has 0 spiro atoms. The highest BCUT2D eigenvalue weighted by Crippen LogP contribution is 2.15. The predicted molar refractivity (Wildman–Crippen MR) is 73.6 cm³/mol. The van der Waals surface area contributed by atoms with Gasteiger partial charge in [0.1, 0.15) is 0 Å². The summed E-state index contributed by atoms with van der Waals surface area (Å²) >= 11 is 3.44. The second-order valence-electron chi connectivity index (χ2n) is 3.76. The number of allylic oxidation sites excluding steroid dienone is 1. The van der Waals surface area contributed by atoms with Crippen LogP contribution in [-0.4, -0.2) is 6.03 Å². The molecule has 0 saturated carbocycles. The van der Waals surface area contributed by atoms with E-state index in [1.165, 1.54) is 0 Å². The molecule has 0 bridgehead atoms. The van der Waals surface area contributed by atoms with Crippen molar-refractivity contribution in [1.82, 2.24) is 10.6 Å². The summed E-state index contributed by atoms with van der Waals surface area (Å²) in [6, 6.07) is 7.63. The highest BCUT2D eigenvalue weighted by atomic mass is 79.9. The van der Waals surface area contributed by atoms with E-state index in [1.807, 2.05) is 38.1 Å². The Hall–Kier alpha value is -1.29. The molecule has 1 aromatic carbocycles. The summed E-state index contributed by atoms with van der Waals surface area (Å²) in [4.78, 5) is 11.5. The maximum atomic E-state index is 11.5. The first-order valence-electron chi connectivity index (χ1n) is 5.57. The molecule has 92 valence electrons. The molecule has 0 heterocycles. The van der Waals surface area contributed by atoms with Crippen molar-refractivity contribution in [1.29, 1.82) is 0 Å². The number of carbonyl (C=O) groups is 1. The molecule has 4 heteroatoms. The number of hydrogen-bond acceptors (Lipinski definition) is 1. The summed E-state index contributed by atoms with van der Waals surface area (Å²) in [5, 5.41) is 5.49. The van der Waals surface area contributed by atoms with Gasteiger partial charge in [0.15, 0.2) is 0 Å². The van der Waals surface area contributed by atoms with Crippen LogP contribution >= 0.6 is 15.9 Å². The molecule has 0 aromatic heterocycles. The van der Waals surface area contributed by atoms with Crippen molar-refractivity contribution in [2.24, 2.45) is 0 Å². The Balaban J connectivity index is 2.41. The molecule has 0 fully saturated rings. The van der Waals surface area contributed by atoms with E-state index in [4.69, 9.17) is 0 Å². The Morgan fingerprint density at radius 2 is 2.12 bits per heavy atom. The molecule has 0 aliphatic carbocycles. The maximum absolute atomic E-state index is 11.5. The van der Waals surface area contributed by atoms with Crippen molar-refractivity contribution in [3.8, 4) is 0 Å². The molecule has 2 N–H and O–H groups in total. The van der Waals surface area contributed by atoms with Crippen molar-refractivity contribution in [2.75, 3.05) is 0 Å². The van der Waals surface area contributed by atoms with Gasteiger partial charge in [0.2, 0.25) is 0 Å². The summed E-state index contributed by atoms with van der Waals surface area (Å²) in [5.74, 6) is 0. The Bertz CT molecular complexity index is 416. The van der Waals surface area contributed by atoms with E-state index < -0.39 is 0 Å². The summed E-state index contributed by atoms with van der Waals surface area (Å²) < 4.78 is 1.00. The van der Waals surface area contributed by atoms with Gasteiger partial charge in [-0.2, -0.15) is 0 Å². The van der Waals surface area contributed by atoms with Crippen LogP contribution in [0.15, 0.2) is 40.5 Å². The largest absolute Gasteiger partial charge is 0.334 e. The van der Waals surface area contributed by atoms with E-state index in [2.05, 4.69) is 26.6 Å². The van der Waals surface area contributed by atoms with Gasteiger partial charge in [0.05, 0.1) is 0 Å². The third kappa shape index (κ3) is 5.04. The van der Waals surface area contributed by atoms with Crippen molar-refractivity contribution in [3.63, 3.8) is 0 Å². The molecule has 1 aromatic rings. The lowest BCUT2D eigenvalue weighted by Crippen LogP contribution is -2.31. The van der Waals surface area contributed by atoms with Crippen LogP contribution < -0.4 is 10.6 Å². The predicted octanol–water partition coefficient (Wildman–Crippen LogP) is 3.56. The zero-order valence-electron chi connectivity index (χ0n) is 10.1. The van der Waals surface area contributed by atoms with Crippen LogP contribution in [0.2, 0.25) is 0 Å². The third-order valence-corrected chi connectivity index (χ3v) is 3.18. The van der Waals surface area contributed by atoms with Crippen LogP contribution in [0.1, 0.15) is 25.8 Å². The second kappa shape index (κ2) is 7.12. The zero-order chi connectivity index (χ0) is 12.7. The molecule has 0 saturated heterocycles. The van der Waals surface area contributed by atoms with Gasteiger partial charge in [-0.05, 0) is 25.0 Å². The number of halogens is 1. The Morgan fingerprint density at radius 1 is 1.41 bits per heavy atom. The van der Waals surface area contributed by atoms with E-state index in [-0.39, 0.29) is 6.03 Å². The smallest absolute Gasteiger partial charge is 0.319 e. The fourth-order valence-corrected chi connectivity index (χ4v) is 1.58. The van der Waals surface area contributed by atoms with Gasteiger partial charge in [-0.15, -0.1) is 0 Å². The van der Waals surface area contributed by atoms with Crippen LogP contribution in [0.5, 0.6) is 0 Å². The first-order chi connectivity index (χ1) is 8.13. The van der Waals surface area contributed by atoms with E-state index in [0.717, 1.165) is 22.0 Å². The minimum Gasteiger partial charge on any atom is -0.334 e. The molecular weight excluding hydrogens is 280 g/mol. The van der Waals surface area contributed by atoms with Gasteiger partial charge in [-0.3, -0.25) is 0 Å². The summed E-state index contributed by atoms with van der Waals surface area (Å²) in [5.41, 5.74) is 2.19. The van der Waals surface area contributed by atoms with Gasteiger partial charge >= 0.3 is 6.03 Å². The second-order valence-corrected chi connectivity index (χ2v) is 4.62. The number of benzene rings is 1. The van der Waals surface area contributed by atoms with E-state index in [9.17, 15) is 4.79 Å². The zero-order valence-corrected chi connectivity index (χ0v) is 11.7. The summed E-state index contributed by atoms with van der Waals surface area (Å²) in [7, 11) is 0. The SMILES string of the molecule is CC/C(C)=C/NC(=O)NCc1ccccc1Br.